The maximum atomic E-state index is 5.96. The van der Waals surface area contributed by atoms with E-state index in [4.69, 9.17) is 9.47 Å². The second-order valence-corrected chi connectivity index (χ2v) is 16.2. The van der Waals surface area contributed by atoms with Crippen molar-refractivity contribution in [2.24, 2.45) is 10.8 Å². The van der Waals surface area contributed by atoms with Gasteiger partial charge in [-0.1, -0.05) is 98.8 Å². The fourth-order valence-corrected chi connectivity index (χ4v) is 10.2. The zero-order valence-electron chi connectivity index (χ0n) is 29.2. The van der Waals surface area contributed by atoms with E-state index in [1.165, 1.54) is 77.2 Å². The smallest absolute Gasteiger partial charge is 0.0542 e. The minimum absolute atomic E-state index is 0.0888. The Bertz CT molecular complexity index is 2410. The summed E-state index contributed by atoms with van der Waals surface area (Å²) in [4.78, 5) is 0. The lowest BCUT2D eigenvalue weighted by Gasteiger charge is -2.50. The van der Waals surface area contributed by atoms with Crippen molar-refractivity contribution in [2.75, 3.05) is 26.4 Å². The normalized spacial score (nSPS) is 18.2. The van der Waals surface area contributed by atoms with Crippen molar-refractivity contribution in [1.82, 2.24) is 9.13 Å². The highest BCUT2D eigenvalue weighted by Gasteiger charge is 2.54. The average molecular weight is 665 g/mol. The predicted molar refractivity (Wildman–Crippen MR) is 208 cm³/mol. The summed E-state index contributed by atoms with van der Waals surface area (Å²) in [7, 11) is 0. The molecule has 0 unspecified atom stereocenters. The van der Waals surface area contributed by atoms with Crippen LogP contribution in [0.15, 0.2) is 133 Å². The molecule has 0 N–H and O–H groups in total. The second kappa shape index (κ2) is 10.4. The van der Waals surface area contributed by atoms with Crippen LogP contribution in [0, 0.1) is 10.8 Å². The number of rotatable bonds is 6. The third-order valence-corrected chi connectivity index (χ3v) is 12.3. The fraction of sp³-hybridized carbons (Fsp3) is 0.234. The molecule has 0 saturated carbocycles. The Morgan fingerprint density at radius 3 is 1.10 bits per heavy atom. The van der Waals surface area contributed by atoms with E-state index >= 15 is 0 Å². The molecule has 1 aliphatic carbocycles. The second-order valence-electron chi connectivity index (χ2n) is 16.2. The van der Waals surface area contributed by atoms with Crippen molar-refractivity contribution in [3.8, 4) is 22.5 Å². The lowest BCUT2D eigenvalue weighted by molar-refractivity contribution is -0.135. The molecule has 0 atom stereocenters. The molecule has 4 heterocycles. The molecule has 6 aromatic carbocycles. The number of hydrogen-bond acceptors (Lipinski definition) is 2. The minimum atomic E-state index is -0.217. The van der Waals surface area contributed by atoms with Crippen LogP contribution in [0.3, 0.4) is 0 Å². The number of ether oxygens (including phenoxy) is 2. The molecule has 4 nitrogen and oxygen atoms in total. The van der Waals surface area contributed by atoms with Gasteiger partial charge in [0.25, 0.3) is 0 Å². The Labute approximate surface area is 297 Å². The number of fused-ring (bicyclic) bond motifs is 9. The van der Waals surface area contributed by atoms with Crippen LogP contribution in [0.25, 0.3) is 66.1 Å². The standard InChI is InChI=1S/C47H40N2O2/c1-45(27-50-28-45)25-47(26-46(2)29-51-30-46)39-23-31(48-41-15-7-3-11-35(41)36-12-4-8-16-42(36)48)19-21-33(39)34-22-20-32(24-40(34)47)49-43-17-9-5-13-37(43)38-14-6-10-18-44(38)49/h3-24H,25-30H2,1-2H3. The van der Waals surface area contributed by atoms with Crippen LogP contribution >= 0.6 is 0 Å². The van der Waals surface area contributed by atoms with Gasteiger partial charge in [0.15, 0.2) is 0 Å². The quantitative estimate of drug-likeness (QED) is 0.177. The highest BCUT2D eigenvalue weighted by atomic mass is 16.5. The minimum Gasteiger partial charge on any atom is -0.380 e. The van der Waals surface area contributed by atoms with Gasteiger partial charge in [0.1, 0.15) is 0 Å². The van der Waals surface area contributed by atoms with E-state index < -0.39 is 0 Å². The molecule has 4 heteroatoms. The van der Waals surface area contributed by atoms with E-state index in [9.17, 15) is 0 Å². The third-order valence-electron chi connectivity index (χ3n) is 12.3. The van der Waals surface area contributed by atoms with Crippen LogP contribution in [0.2, 0.25) is 0 Å². The summed E-state index contributed by atoms with van der Waals surface area (Å²) in [5.74, 6) is 0. The van der Waals surface area contributed by atoms with Gasteiger partial charge in [-0.2, -0.15) is 0 Å². The molecular weight excluding hydrogens is 625 g/mol. The highest BCUT2D eigenvalue weighted by molar-refractivity contribution is 6.10. The first-order chi connectivity index (χ1) is 24.9. The van der Waals surface area contributed by atoms with Crippen molar-refractivity contribution >= 4 is 43.6 Å². The van der Waals surface area contributed by atoms with E-state index in [2.05, 4.69) is 156 Å². The van der Waals surface area contributed by atoms with E-state index in [1.54, 1.807) is 0 Å². The van der Waals surface area contributed by atoms with Gasteiger partial charge in [0.2, 0.25) is 0 Å². The summed E-state index contributed by atoms with van der Waals surface area (Å²) in [6, 6.07) is 50.0. The maximum absolute atomic E-state index is 5.96. The zero-order valence-corrected chi connectivity index (χ0v) is 29.2. The lowest BCUT2D eigenvalue weighted by Crippen LogP contribution is -2.50. The summed E-state index contributed by atoms with van der Waals surface area (Å²) < 4.78 is 16.9. The molecule has 2 fully saturated rings. The topological polar surface area (TPSA) is 28.3 Å². The first-order valence-corrected chi connectivity index (χ1v) is 18.4. The van der Waals surface area contributed by atoms with Crippen LogP contribution in [-0.4, -0.2) is 35.6 Å². The van der Waals surface area contributed by atoms with Gasteiger partial charge < -0.3 is 18.6 Å². The molecule has 2 aromatic heterocycles. The van der Waals surface area contributed by atoms with Crippen LogP contribution in [0.1, 0.15) is 37.8 Å². The Hall–Kier alpha value is -5.16. The van der Waals surface area contributed by atoms with Crippen LogP contribution < -0.4 is 0 Å². The molecule has 8 aromatic rings. The molecule has 250 valence electrons. The molecule has 0 spiro atoms. The summed E-state index contributed by atoms with van der Waals surface area (Å²) in [5, 5.41) is 5.16. The SMILES string of the molecule is CC1(CC2(CC3(C)COC3)c3cc(-n4c5ccccc5c5ccccc54)ccc3-c3ccc(-n4c5ccccc5c5ccccc54)cc32)COC1. The molecule has 51 heavy (non-hydrogen) atoms. The van der Waals surface area contributed by atoms with Crippen LogP contribution in [-0.2, 0) is 14.9 Å². The van der Waals surface area contributed by atoms with Crippen molar-refractivity contribution in [3.63, 3.8) is 0 Å². The Kier molecular flexibility index (Phi) is 6.05. The van der Waals surface area contributed by atoms with Crippen LogP contribution in [0.4, 0.5) is 0 Å². The summed E-state index contributed by atoms with van der Waals surface area (Å²) in [6.07, 6.45) is 2.06. The molecule has 0 radical (unpaired) electrons. The monoisotopic (exact) mass is 664 g/mol. The number of para-hydroxylation sites is 4. The molecule has 2 saturated heterocycles. The third kappa shape index (κ3) is 4.15. The van der Waals surface area contributed by atoms with Gasteiger partial charge in [0.05, 0.1) is 48.5 Å². The Balaban J connectivity index is 1.19. The average Bonchev–Trinajstić information content (AvgIpc) is 3.74. The van der Waals surface area contributed by atoms with Crippen molar-refractivity contribution in [2.45, 2.75) is 32.1 Å². The fourth-order valence-electron chi connectivity index (χ4n) is 10.2. The van der Waals surface area contributed by atoms with Crippen molar-refractivity contribution in [3.05, 3.63) is 145 Å². The van der Waals surface area contributed by atoms with Gasteiger partial charge in [-0.15, -0.1) is 0 Å². The predicted octanol–water partition coefficient (Wildman–Crippen LogP) is 11.0. The molecule has 2 aliphatic heterocycles. The van der Waals surface area contributed by atoms with E-state index in [1.807, 2.05) is 0 Å². The first kappa shape index (κ1) is 29.6. The molecule has 11 rings (SSSR count). The summed E-state index contributed by atoms with van der Waals surface area (Å²) in [5.41, 5.74) is 13.0. The van der Waals surface area contributed by atoms with E-state index in [-0.39, 0.29) is 16.2 Å². The van der Waals surface area contributed by atoms with Crippen LogP contribution in [0.5, 0.6) is 0 Å². The largest absolute Gasteiger partial charge is 0.380 e. The maximum Gasteiger partial charge on any atom is 0.0542 e. The molecule has 0 amide bonds. The number of benzene rings is 6. The number of nitrogens with zero attached hydrogens (tertiary/aromatic N) is 2. The summed E-state index contributed by atoms with van der Waals surface area (Å²) >= 11 is 0. The molecular formula is C47H40N2O2. The Morgan fingerprint density at radius 1 is 0.451 bits per heavy atom. The van der Waals surface area contributed by atoms with Crippen molar-refractivity contribution < 1.29 is 9.47 Å². The summed E-state index contributed by atoms with van der Waals surface area (Å²) in [6.45, 7) is 8.06. The number of hydrogen-bond donors (Lipinski definition) is 0. The Morgan fingerprint density at radius 2 is 0.784 bits per heavy atom. The highest BCUT2D eigenvalue weighted by Crippen LogP contribution is 2.60. The van der Waals surface area contributed by atoms with Gasteiger partial charge in [-0.3, -0.25) is 0 Å². The van der Waals surface area contributed by atoms with E-state index in [0.717, 1.165) is 39.3 Å². The lowest BCUT2D eigenvalue weighted by atomic mass is 9.59. The number of aromatic nitrogens is 2. The first-order valence-electron chi connectivity index (χ1n) is 18.4. The van der Waals surface area contributed by atoms with Crippen molar-refractivity contribution in [1.29, 1.82) is 0 Å². The van der Waals surface area contributed by atoms with Gasteiger partial charge in [-0.25, -0.2) is 0 Å². The van der Waals surface area contributed by atoms with E-state index in [0.29, 0.717) is 0 Å². The van der Waals surface area contributed by atoms with Gasteiger partial charge >= 0.3 is 0 Å². The van der Waals surface area contributed by atoms with Gasteiger partial charge in [0, 0.05) is 49.2 Å². The molecule has 0 bridgehead atoms. The molecule has 3 aliphatic rings. The zero-order chi connectivity index (χ0) is 34.0. The van der Waals surface area contributed by atoms with Gasteiger partial charge in [-0.05, 0) is 83.6 Å².